The Kier molecular flexibility index (Phi) is 5.70. The van der Waals surface area contributed by atoms with Gasteiger partial charge in [-0.05, 0) is 66.3 Å². The second kappa shape index (κ2) is 6.60. The zero-order valence-electron chi connectivity index (χ0n) is 15.4. The van der Waals surface area contributed by atoms with Crippen LogP contribution in [0, 0.1) is 0 Å². The summed E-state index contributed by atoms with van der Waals surface area (Å²) in [4.78, 5) is 0. The van der Waals surface area contributed by atoms with Crippen LogP contribution in [-0.4, -0.2) is 34.0 Å². The quantitative estimate of drug-likeness (QED) is 0.775. The van der Waals surface area contributed by atoms with Crippen LogP contribution in [0.2, 0.25) is 6.55 Å². The monoisotopic (exact) mass is 326 g/mol. The van der Waals surface area contributed by atoms with Crippen molar-refractivity contribution in [1.29, 1.82) is 0 Å². The van der Waals surface area contributed by atoms with Gasteiger partial charge in [0, 0.05) is 19.4 Å². The zero-order chi connectivity index (χ0) is 17.2. The Bertz CT molecular complexity index is 496. The van der Waals surface area contributed by atoms with Crippen LogP contribution in [0.25, 0.3) is 0 Å². The van der Waals surface area contributed by atoms with Crippen LogP contribution >= 0.6 is 0 Å². The molecule has 4 nitrogen and oxygen atoms in total. The molecule has 0 N–H and O–H groups in total. The van der Waals surface area contributed by atoms with Gasteiger partial charge in [0.2, 0.25) is 0 Å². The number of rotatable bonds is 5. The fraction of sp³-hybridized carbons (Fsp3) is 0.647. The highest BCUT2D eigenvalue weighted by Crippen LogP contribution is 2.26. The normalized spacial score (nSPS) is 13.1. The van der Waals surface area contributed by atoms with Crippen LogP contribution in [0.3, 0.4) is 0 Å². The standard InChI is InChI=1S/C17H30O4Si/c1-16(2,3)20-13-10-11-14(21-17(4,5)6)15(12-13)22(9,18-7)19-8/h10-12H,1-9H3. The van der Waals surface area contributed by atoms with E-state index in [4.69, 9.17) is 18.3 Å². The molecule has 1 rings (SSSR count). The lowest BCUT2D eigenvalue weighted by atomic mass is 10.2. The third-order valence-corrected chi connectivity index (χ3v) is 5.99. The molecule has 5 heteroatoms. The summed E-state index contributed by atoms with van der Waals surface area (Å²) in [5.74, 6) is 1.57. The van der Waals surface area contributed by atoms with Crippen molar-refractivity contribution in [3.63, 3.8) is 0 Å². The molecule has 0 amide bonds. The first-order chi connectivity index (χ1) is 9.90. The van der Waals surface area contributed by atoms with Crippen LogP contribution in [0.5, 0.6) is 11.5 Å². The van der Waals surface area contributed by atoms with Crippen molar-refractivity contribution >= 4 is 13.7 Å². The van der Waals surface area contributed by atoms with Crippen molar-refractivity contribution in [3.8, 4) is 11.5 Å². The Labute approximate surface area is 136 Å². The van der Waals surface area contributed by atoms with E-state index in [1.54, 1.807) is 14.2 Å². The van der Waals surface area contributed by atoms with Gasteiger partial charge in [0.1, 0.15) is 22.7 Å². The van der Waals surface area contributed by atoms with Crippen LogP contribution in [0.1, 0.15) is 41.5 Å². The molecule has 0 heterocycles. The summed E-state index contributed by atoms with van der Waals surface area (Å²) >= 11 is 0. The Morgan fingerprint density at radius 1 is 0.818 bits per heavy atom. The number of benzene rings is 1. The zero-order valence-corrected chi connectivity index (χ0v) is 16.4. The van der Waals surface area contributed by atoms with Gasteiger partial charge in [0.25, 0.3) is 0 Å². The first kappa shape index (κ1) is 19.0. The summed E-state index contributed by atoms with van der Waals surface area (Å²) in [7, 11) is 0.819. The van der Waals surface area contributed by atoms with Gasteiger partial charge < -0.3 is 18.3 Å². The highest BCUT2D eigenvalue weighted by molar-refractivity contribution is 6.80. The molecule has 0 fully saturated rings. The van der Waals surface area contributed by atoms with Gasteiger partial charge in [0.15, 0.2) is 0 Å². The van der Waals surface area contributed by atoms with E-state index in [1.165, 1.54) is 0 Å². The fourth-order valence-electron chi connectivity index (χ4n) is 2.00. The predicted molar refractivity (Wildman–Crippen MR) is 92.5 cm³/mol. The average molecular weight is 327 g/mol. The number of hydrogen-bond acceptors (Lipinski definition) is 4. The Hall–Kier alpha value is -1.04. The Balaban J connectivity index is 3.34. The smallest absolute Gasteiger partial charge is 0.372 e. The molecule has 0 atom stereocenters. The summed E-state index contributed by atoms with van der Waals surface area (Å²) in [5.41, 5.74) is -0.556. The minimum absolute atomic E-state index is 0.262. The molecular formula is C17H30O4Si. The van der Waals surface area contributed by atoms with Gasteiger partial charge in [0.05, 0.1) is 0 Å². The lowest BCUT2D eigenvalue weighted by Gasteiger charge is -2.30. The van der Waals surface area contributed by atoms with E-state index in [-0.39, 0.29) is 11.2 Å². The maximum Gasteiger partial charge on any atom is 0.372 e. The minimum atomic E-state index is -2.53. The second-order valence-electron chi connectivity index (χ2n) is 7.44. The van der Waals surface area contributed by atoms with Crippen LogP contribution in [-0.2, 0) is 8.85 Å². The van der Waals surface area contributed by atoms with E-state index in [9.17, 15) is 0 Å². The molecule has 0 aliphatic heterocycles. The van der Waals surface area contributed by atoms with Crippen molar-refractivity contribution in [2.24, 2.45) is 0 Å². The molecule has 0 unspecified atom stereocenters. The van der Waals surface area contributed by atoms with Crippen LogP contribution in [0.15, 0.2) is 18.2 Å². The van der Waals surface area contributed by atoms with Crippen molar-refractivity contribution in [3.05, 3.63) is 18.2 Å². The molecule has 0 radical (unpaired) electrons. The van der Waals surface area contributed by atoms with E-state index in [0.717, 1.165) is 16.7 Å². The molecule has 0 saturated heterocycles. The van der Waals surface area contributed by atoms with Gasteiger partial charge in [-0.15, -0.1) is 0 Å². The van der Waals surface area contributed by atoms with E-state index in [0.29, 0.717) is 0 Å². The molecule has 0 aromatic heterocycles. The first-order valence-electron chi connectivity index (χ1n) is 7.53. The van der Waals surface area contributed by atoms with E-state index < -0.39 is 8.56 Å². The summed E-state index contributed by atoms with van der Waals surface area (Å²) in [5, 5.41) is 0.939. The molecule has 0 aliphatic carbocycles. The average Bonchev–Trinajstić information content (AvgIpc) is 2.36. The maximum absolute atomic E-state index is 6.09. The lowest BCUT2D eigenvalue weighted by molar-refractivity contribution is 0.125. The van der Waals surface area contributed by atoms with Gasteiger partial charge in [-0.2, -0.15) is 0 Å². The van der Waals surface area contributed by atoms with Gasteiger partial charge in [-0.1, -0.05) is 0 Å². The maximum atomic E-state index is 6.09. The largest absolute Gasteiger partial charge is 0.488 e. The summed E-state index contributed by atoms with van der Waals surface area (Å²) in [6.07, 6.45) is 0. The molecule has 0 saturated carbocycles. The van der Waals surface area contributed by atoms with Crippen molar-refractivity contribution < 1.29 is 18.3 Å². The van der Waals surface area contributed by atoms with E-state index >= 15 is 0 Å². The second-order valence-corrected chi connectivity index (χ2v) is 10.7. The topological polar surface area (TPSA) is 36.9 Å². The van der Waals surface area contributed by atoms with Gasteiger partial charge in [-0.3, -0.25) is 0 Å². The molecule has 22 heavy (non-hydrogen) atoms. The number of ether oxygens (including phenoxy) is 2. The predicted octanol–water partition coefficient (Wildman–Crippen LogP) is 3.61. The van der Waals surface area contributed by atoms with Crippen LogP contribution < -0.4 is 14.7 Å². The minimum Gasteiger partial charge on any atom is -0.488 e. The first-order valence-corrected chi connectivity index (χ1v) is 9.85. The lowest BCUT2D eigenvalue weighted by Crippen LogP contribution is -2.50. The highest BCUT2D eigenvalue weighted by atomic mass is 28.4. The summed E-state index contributed by atoms with van der Waals surface area (Å²) < 4.78 is 23.4. The third-order valence-electron chi connectivity index (χ3n) is 3.06. The highest BCUT2D eigenvalue weighted by Gasteiger charge is 2.36. The molecule has 0 bridgehead atoms. The van der Waals surface area contributed by atoms with Gasteiger partial charge >= 0.3 is 8.56 Å². The van der Waals surface area contributed by atoms with Crippen LogP contribution in [0.4, 0.5) is 0 Å². The van der Waals surface area contributed by atoms with Crippen molar-refractivity contribution in [1.82, 2.24) is 0 Å². The molecule has 1 aromatic rings. The summed E-state index contributed by atoms with van der Waals surface area (Å²) in [6, 6.07) is 5.84. The fourth-order valence-corrected chi connectivity index (χ4v) is 3.60. The SMILES string of the molecule is CO[Si](C)(OC)c1cc(OC(C)(C)C)ccc1OC(C)(C)C. The van der Waals surface area contributed by atoms with Crippen molar-refractivity contribution in [2.75, 3.05) is 14.2 Å². The Morgan fingerprint density at radius 2 is 1.32 bits per heavy atom. The van der Waals surface area contributed by atoms with E-state index in [1.807, 2.05) is 66.3 Å². The van der Waals surface area contributed by atoms with Crippen molar-refractivity contribution in [2.45, 2.75) is 59.3 Å². The van der Waals surface area contributed by atoms with E-state index in [2.05, 4.69) is 0 Å². The molecular weight excluding hydrogens is 296 g/mol. The molecule has 0 spiro atoms. The molecule has 0 aliphatic rings. The Morgan fingerprint density at radius 3 is 1.73 bits per heavy atom. The number of hydrogen-bond donors (Lipinski definition) is 0. The molecule has 1 aromatic carbocycles. The van der Waals surface area contributed by atoms with Gasteiger partial charge in [-0.25, -0.2) is 0 Å². The third kappa shape index (κ3) is 5.30. The molecule has 126 valence electrons. The summed E-state index contributed by atoms with van der Waals surface area (Å²) in [6.45, 7) is 14.1.